The van der Waals surface area contributed by atoms with E-state index in [0.717, 1.165) is 18.4 Å². The number of aliphatic hydroxyl groups is 1. The van der Waals surface area contributed by atoms with Gasteiger partial charge >= 0.3 is 0 Å². The number of rotatable bonds is 8. The van der Waals surface area contributed by atoms with Crippen molar-refractivity contribution < 1.29 is 14.7 Å². The van der Waals surface area contributed by atoms with Crippen molar-refractivity contribution in [2.45, 2.75) is 24.9 Å². The molecule has 0 saturated carbocycles. The van der Waals surface area contributed by atoms with Crippen LogP contribution in [0.5, 0.6) is 0 Å². The van der Waals surface area contributed by atoms with Gasteiger partial charge in [0.15, 0.2) is 11.4 Å². The lowest BCUT2D eigenvalue weighted by Crippen LogP contribution is -2.42. The highest BCUT2D eigenvalue weighted by atomic mass is 16.3. The number of fused-ring (bicyclic) bond motifs is 1. The summed E-state index contributed by atoms with van der Waals surface area (Å²) in [6.45, 7) is 0.487. The number of anilines is 1. The maximum absolute atomic E-state index is 13.2. The molecule has 3 aromatic carbocycles. The summed E-state index contributed by atoms with van der Waals surface area (Å²) < 4.78 is 0. The number of aryl methyl sites for hydroxylation is 1. The van der Waals surface area contributed by atoms with Crippen molar-refractivity contribution in [3.63, 3.8) is 0 Å². The molecule has 1 atom stereocenters. The minimum Gasteiger partial charge on any atom is -0.375 e. The summed E-state index contributed by atoms with van der Waals surface area (Å²) in [4.78, 5) is 27.5. The van der Waals surface area contributed by atoms with Crippen LogP contribution in [0.3, 0.4) is 0 Å². The summed E-state index contributed by atoms with van der Waals surface area (Å²) in [5.41, 5.74) is 1.45. The lowest BCUT2D eigenvalue weighted by molar-refractivity contribution is -0.140. The molecule has 4 heteroatoms. The monoisotopic (exact) mass is 411 g/mol. The van der Waals surface area contributed by atoms with E-state index in [0.29, 0.717) is 17.8 Å². The molecule has 1 aliphatic rings. The molecule has 0 bridgehead atoms. The average Bonchev–Trinajstić information content (AvgIpc) is 3.01. The maximum Gasteiger partial charge on any atom is 0.264 e. The van der Waals surface area contributed by atoms with Crippen LogP contribution in [0.25, 0.3) is 6.08 Å². The van der Waals surface area contributed by atoms with Gasteiger partial charge in [0.1, 0.15) is 0 Å². The van der Waals surface area contributed by atoms with E-state index in [1.165, 1.54) is 11.6 Å². The minimum absolute atomic E-state index is 0.276. The third-order valence-corrected chi connectivity index (χ3v) is 5.62. The quantitative estimate of drug-likeness (QED) is 0.554. The maximum atomic E-state index is 13.2. The van der Waals surface area contributed by atoms with E-state index in [-0.39, 0.29) is 12.2 Å². The molecule has 1 unspecified atom stereocenters. The zero-order valence-electron chi connectivity index (χ0n) is 17.3. The largest absolute Gasteiger partial charge is 0.375 e. The number of amides is 1. The molecule has 1 amide bonds. The van der Waals surface area contributed by atoms with E-state index in [4.69, 9.17) is 0 Å². The molecule has 1 aliphatic heterocycles. The number of hydrogen-bond acceptors (Lipinski definition) is 3. The molecular formula is C27H25NO3. The molecule has 31 heavy (non-hydrogen) atoms. The molecule has 1 N–H and O–H groups in total. The van der Waals surface area contributed by atoms with Crippen molar-refractivity contribution in [1.29, 1.82) is 0 Å². The predicted octanol–water partition coefficient (Wildman–Crippen LogP) is 4.53. The van der Waals surface area contributed by atoms with Gasteiger partial charge in [-0.1, -0.05) is 84.9 Å². The Balaban J connectivity index is 1.49. The summed E-state index contributed by atoms with van der Waals surface area (Å²) in [5.74, 6) is -0.719. The third-order valence-electron chi connectivity index (χ3n) is 5.62. The fourth-order valence-corrected chi connectivity index (χ4v) is 4.05. The number of para-hydroxylation sites is 1. The van der Waals surface area contributed by atoms with Crippen LogP contribution >= 0.6 is 0 Å². The standard InChI is InChI=1S/C27H25NO3/c29-23(18-17-22-12-5-2-6-13-22)20-27(31)24-15-7-8-16-25(24)28(26(27)30)19-9-14-21-10-3-1-4-11-21/h1-8,10-13,15-18,31H,9,14,19-20H2. The minimum atomic E-state index is -1.83. The van der Waals surface area contributed by atoms with E-state index in [1.807, 2.05) is 60.7 Å². The molecule has 0 radical (unpaired) electrons. The van der Waals surface area contributed by atoms with E-state index in [9.17, 15) is 14.7 Å². The SMILES string of the molecule is O=C(C=Cc1ccccc1)CC1(O)C(=O)N(CCCc2ccccc2)c2ccccc21. The zero-order chi connectivity index (χ0) is 21.7. The summed E-state index contributed by atoms with van der Waals surface area (Å²) in [6.07, 6.45) is 4.46. The normalized spacial score (nSPS) is 17.8. The second-order valence-electron chi connectivity index (χ2n) is 7.81. The zero-order valence-corrected chi connectivity index (χ0v) is 17.3. The Bertz CT molecular complexity index is 1090. The summed E-state index contributed by atoms with van der Waals surface area (Å²) >= 11 is 0. The van der Waals surface area contributed by atoms with Crippen molar-refractivity contribution in [2.24, 2.45) is 0 Å². The number of ketones is 1. The highest BCUT2D eigenvalue weighted by Crippen LogP contribution is 2.42. The second kappa shape index (κ2) is 9.11. The van der Waals surface area contributed by atoms with Crippen LogP contribution in [0.15, 0.2) is 91.0 Å². The van der Waals surface area contributed by atoms with Crippen LogP contribution in [-0.2, 0) is 21.6 Å². The van der Waals surface area contributed by atoms with Crippen molar-refractivity contribution >= 4 is 23.5 Å². The van der Waals surface area contributed by atoms with Gasteiger partial charge in [0.2, 0.25) is 0 Å². The van der Waals surface area contributed by atoms with Crippen LogP contribution in [0.1, 0.15) is 29.5 Å². The third kappa shape index (κ3) is 4.49. The van der Waals surface area contributed by atoms with Gasteiger partial charge in [0.25, 0.3) is 5.91 Å². The lowest BCUT2D eigenvalue weighted by Gasteiger charge is -2.22. The van der Waals surface area contributed by atoms with Gasteiger partial charge in [0, 0.05) is 12.1 Å². The molecule has 0 spiro atoms. The number of carbonyl (C=O) groups is 2. The summed E-state index contributed by atoms with van der Waals surface area (Å²) in [6, 6.07) is 26.8. The average molecular weight is 412 g/mol. The smallest absolute Gasteiger partial charge is 0.264 e. The molecule has 0 aromatic heterocycles. The molecule has 0 saturated heterocycles. The van der Waals surface area contributed by atoms with Crippen molar-refractivity contribution in [3.05, 3.63) is 108 Å². The Morgan fingerprint density at radius 2 is 1.55 bits per heavy atom. The summed E-state index contributed by atoms with van der Waals surface area (Å²) in [7, 11) is 0. The van der Waals surface area contributed by atoms with Gasteiger partial charge in [-0.3, -0.25) is 9.59 Å². The number of nitrogens with zero attached hydrogens (tertiary/aromatic N) is 1. The number of carbonyl (C=O) groups excluding carboxylic acids is 2. The van der Waals surface area contributed by atoms with Gasteiger partial charge in [0.05, 0.1) is 12.1 Å². The number of allylic oxidation sites excluding steroid dienone is 1. The Hall–Kier alpha value is -3.50. The van der Waals surface area contributed by atoms with Crippen molar-refractivity contribution in [2.75, 3.05) is 11.4 Å². The Labute approximate surface area is 182 Å². The van der Waals surface area contributed by atoms with E-state index in [2.05, 4.69) is 12.1 Å². The molecule has 4 rings (SSSR count). The van der Waals surface area contributed by atoms with E-state index >= 15 is 0 Å². The fraction of sp³-hybridized carbons (Fsp3) is 0.185. The van der Waals surface area contributed by atoms with E-state index < -0.39 is 11.5 Å². The van der Waals surface area contributed by atoms with Crippen LogP contribution in [0.4, 0.5) is 5.69 Å². The molecule has 1 heterocycles. The summed E-state index contributed by atoms with van der Waals surface area (Å²) in [5, 5.41) is 11.3. The van der Waals surface area contributed by atoms with Crippen molar-refractivity contribution in [1.82, 2.24) is 0 Å². The second-order valence-corrected chi connectivity index (χ2v) is 7.81. The van der Waals surface area contributed by atoms with Gasteiger partial charge in [-0.15, -0.1) is 0 Å². The highest BCUT2D eigenvalue weighted by Gasteiger charge is 2.50. The topological polar surface area (TPSA) is 57.6 Å². The van der Waals surface area contributed by atoms with Crippen LogP contribution in [0, 0.1) is 0 Å². The first-order valence-corrected chi connectivity index (χ1v) is 10.5. The highest BCUT2D eigenvalue weighted by molar-refractivity contribution is 6.10. The van der Waals surface area contributed by atoms with Crippen LogP contribution in [0.2, 0.25) is 0 Å². The molecule has 4 nitrogen and oxygen atoms in total. The molecular weight excluding hydrogens is 386 g/mol. The molecule has 0 aliphatic carbocycles. The van der Waals surface area contributed by atoms with Gasteiger partial charge in [-0.2, -0.15) is 0 Å². The first-order chi connectivity index (χ1) is 15.1. The predicted molar refractivity (Wildman–Crippen MR) is 123 cm³/mol. The Morgan fingerprint density at radius 1 is 0.903 bits per heavy atom. The first-order valence-electron chi connectivity index (χ1n) is 10.5. The van der Waals surface area contributed by atoms with Gasteiger partial charge < -0.3 is 10.0 Å². The Morgan fingerprint density at radius 3 is 2.29 bits per heavy atom. The molecule has 156 valence electrons. The van der Waals surface area contributed by atoms with Gasteiger partial charge in [-0.05, 0) is 36.1 Å². The first kappa shape index (κ1) is 20.8. The van der Waals surface area contributed by atoms with Crippen LogP contribution in [-0.4, -0.2) is 23.3 Å². The lowest BCUT2D eigenvalue weighted by atomic mass is 9.89. The fourth-order valence-electron chi connectivity index (χ4n) is 4.05. The van der Waals surface area contributed by atoms with Crippen LogP contribution < -0.4 is 4.90 Å². The number of hydrogen-bond donors (Lipinski definition) is 1. The van der Waals surface area contributed by atoms with E-state index in [1.54, 1.807) is 23.1 Å². The molecule has 0 fully saturated rings. The molecule has 3 aromatic rings. The Kier molecular flexibility index (Phi) is 6.10. The van der Waals surface area contributed by atoms with Gasteiger partial charge in [-0.25, -0.2) is 0 Å². The van der Waals surface area contributed by atoms with Crippen molar-refractivity contribution in [3.8, 4) is 0 Å². The number of benzene rings is 3.